The van der Waals surface area contributed by atoms with Crippen LogP contribution in [0.15, 0.2) is 17.5 Å². The van der Waals surface area contributed by atoms with E-state index < -0.39 is 6.10 Å². The molecule has 2 heterocycles. The van der Waals surface area contributed by atoms with Gasteiger partial charge in [-0.15, -0.1) is 16.4 Å². The van der Waals surface area contributed by atoms with E-state index in [2.05, 4.69) is 16.5 Å². The fraction of sp³-hybridized carbons (Fsp3) is 0.455. The molecule has 0 fully saturated rings. The molecular formula is C11H14N2OS2. The van der Waals surface area contributed by atoms with Gasteiger partial charge in [-0.1, -0.05) is 23.9 Å². The molecule has 1 atom stereocenters. The molecule has 0 aliphatic heterocycles. The smallest absolute Gasteiger partial charge is 0.0965 e. The van der Waals surface area contributed by atoms with Crippen LogP contribution in [0.5, 0.6) is 0 Å². The van der Waals surface area contributed by atoms with Crippen LogP contribution in [0.2, 0.25) is 0 Å². The lowest BCUT2D eigenvalue weighted by Crippen LogP contribution is -2.02. The SMILES string of the molecule is CCCc1nnsc1C(O)Cc1cccs1. The molecule has 0 saturated carbocycles. The molecule has 5 heteroatoms. The van der Waals surface area contributed by atoms with Crippen molar-refractivity contribution >= 4 is 22.9 Å². The molecule has 2 aromatic heterocycles. The predicted molar refractivity (Wildman–Crippen MR) is 66.9 cm³/mol. The van der Waals surface area contributed by atoms with Crippen LogP contribution in [0.25, 0.3) is 0 Å². The third kappa shape index (κ3) is 2.66. The first-order valence-electron chi connectivity index (χ1n) is 5.32. The second-order valence-corrected chi connectivity index (χ2v) is 5.45. The zero-order valence-electron chi connectivity index (χ0n) is 9.09. The van der Waals surface area contributed by atoms with Gasteiger partial charge in [0.15, 0.2) is 0 Å². The normalized spacial score (nSPS) is 12.9. The summed E-state index contributed by atoms with van der Waals surface area (Å²) in [6.07, 6.45) is 2.13. The molecule has 16 heavy (non-hydrogen) atoms. The van der Waals surface area contributed by atoms with Gasteiger partial charge in [0.05, 0.1) is 16.7 Å². The van der Waals surface area contributed by atoms with Crippen LogP contribution >= 0.6 is 22.9 Å². The summed E-state index contributed by atoms with van der Waals surface area (Å²) in [7, 11) is 0. The molecule has 0 aromatic carbocycles. The van der Waals surface area contributed by atoms with Gasteiger partial charge in [-0.25, -0.2) is 0 Å². The fourth-order valence-corrected chi connectivity index (χ4v) is 3.01. The van der Waals surface area contributed by atoms with E-state index in [0.29, 0.717) is 6.42 Å². The second kappa shape index (κ2) is 5.52. The first kappa shape index (κ1) is 11.7. The van der Waals surface area contributed by atoms with E-state index in [-0.39, 0.29) is 0 Å². The van der Waals surface area contributed by atoms with Gasteiger partial charge < -0.3 is 5.11 Å². The average Bonchev–Trinajstić information content (AvgIpc) is 2.89. The number of rotatable bonds is 5. The van der Waals surface area contributed by atoms with Crippen LogP contribution < -0.4 is 0 Å². The Morgan fingerprint density at radius 1 is 1.50 bits per heavy atom. The lowest BCUT2D eigenvalue weighted by atomic mass is 10.1. The minimum absolute atomic E-state index is 0.458. The summed E-state index contributed by atoms with van der Waals surface area (Å²) in [6, 6.07) is 4.05. The first-order valence-corrected chi connectivity index (χ1v) is 6.98. The van der Waals surface area contributed by atoms with Gasteiger partial charge >= 0.3 is 0 Å². The van der Waals surface area contributed by atoms with Crippen LogP contribution in [0.1, 0.15) is 34.9 Å². The number of thiophene rings is 1. The molecule has 0 radical (unpaired) electrons. The molecule has 2 rings (SSSR count). The highest BCUT2D eigenvalue weighted by Crippen LogP contribution is 2.26. The largest absolute Gasteiger partial charge is 0.387 e. The molecule has 1 N–H and O–H groups in total. The molecule has 2 aromatic rings. The van der Waals surface area contributed by atoms with E-state index in [1.165, 1.54) is 16.4 Å². The Kier molecular flexibility index (Phi) is 4.04. The quantitative estimate of drug-likeness (QED) is 0.892. The lowest BCUT2D eigenvalue weighted by Gasteiger charge is -2.07. The Morgan fingerprint density at radius 3 is 3.06 bits per heavy atom. The van der Waals surface area contributed by atoms with E-state index in [1.54, 1.807) is 11.3 Å². The minimum Gasteiger partial charge on any atom is -0.387 e. The molecule has 0 spiro atoms. The molecular weight excluding hydrogens is 240 g/mol. The van der Waals surface area contributed by atoms with Gasteiger partial charge in [-0.2, -0.15) is 0 Å². The van der Waals surface area contributed by atoms with Crippen molar-refractivity contribution in [2.45, 2.75) is 32.3 Å². The van der Waals surface area contributed by atoms with E-state index in [9.17, 15) is 5.11 Å². The summed E-state index contributed by atoms with van der Waals surface area (Å²) in [5.74, 6) is 0. The van der Waals surface area contributed by atoms with Gasteiger partial charge in [-0.05, 0) is 29.4 Å². The zero-order chi connectivity index (χ0) is 11.4. The van der Waals surface area contributed by atoms with E-state index >= 15 is 0 Å². The average molecular weight is 254 g/mol. The second-order valence-electron chi connectivity index (χ2n) is 3.63. The minimum atomic E-state index is -0.458. The Morgan fingerprint density at radius 2 is 2.38 bits per heavy atom. The Hall–Kier alpha value is -0.780. The number of hydrogen-bond donors (Lipinski definition) is 1. The molecule has 86 valence electrons. The van der Waals surface area contributed by atoms with Crippen molar-refractivity contribution in [2.24, 2.45) is 0 Å². The summed E-state index contributed by atoms with van der Waals surface area (Å²) < 4.78 is 3.93. The Bertz CT molecular complexity index is 425. The molecule has 3 nitrogen and oxygen atoms in total. The monoisotopic (exact) mass is 254 g/mol. The molecule has 0 saturated heterocycles. The van der Waals surface area contributed by atoms with Gasteiger partial charge in [0, 0.05) is 11.3 Å². The molecule has 0 aliphatic rings. The molecule has 0 amide bonds. The summed E-state index contributed by atoms with van der Waals surface area (Å²) in [5, 5.41) is 16.2. The third-order valence-electron chi connectivity index (χ3n) is 2.35. The van der Waals surface area contributed by atoms with E-state index in [1.807, 2.05) is 17.5 Å². The standard InChI is InChI=1S/C11H14N2OS2/c1-2-4-9-11(16-13-12-9)10(14)7-8-5-3-6-15-8/h3,5-6,10,14H,2,4,7H2,1H3. The third-order valence-corrected chi connectivity index (χ3v) is 4.12. The van der Waals surface area contributed by atoms with Crippen LogP contribution in [0.3, 0.4) is 0 Å². The van der Waals surface area contributed by atoms with Gasteiger partial charge in [0.2, 0.25) is 0 Å². The van der Waals surface area contributed by atoms with E-state index in [0.717, 1.165) is 23.4 Å². The van der Waals surface area contributed by atoms with Crippen LogP contribution in [0, 0.1) is 0 Å². The zero-order valence-corrected chi connectivity index (χ0v) is 10.7. The summed E-state index contributed by atoms with van der Waals surface area (Å²) in [6.45, 7) is 2.11. The summed E-state index contributed by atoms with van der Waals surface area (Å²) in [5.41, 5.74) is 0.955. The van der Waals surface area contributed by atoms with Crippen molar-refractivity contribution in [2.75, 3.05) is 0 Å². The predicted octanol–water partition coefficient (Wildman–Crippen LogP) is 2.83. The van der Waals surface area contributed by atoms with Gasteiger partial charge in [-0.3, -0.25) is 0 Å². The van der Waals surface area contributed by atoms with E-state index in [4.69, 9.17) is 0 Å². The molecule has 0 bridgehead atoms. The molecule has 1 unspecified atom stereocenters. The number of aliphatic hydroxyl groups is 1. The van der Waals surface area contributed by atoms with Crippen LogP contribution in [0.4, 0.5) is 0 Å². The summed E-state index contributed by atoms with van der Waals surface area (Å²) in [4.78, 5) is 2.12. The topological polar surface area (TPSA) is 46.0 Å². The Balaban J connectivity index is 2.08. The maximum atomic E-state index is 10.1. The Labute approximate surface area is 103 Å². The summed E-state index contributed by atoms with van der Waals surface area (Å²) >= 11 is 2.98. The highest BCUT2D eigenvalue weighted by Gasteiger charge is 2.17. The van der Waals surface area contributed by atoms with Crippen molar-refractivity contribution in [3.8, 4) is 0 Å². The fourth-order valence-electron chi connectivity index (χ4n) is 1.59. The highest BCUT2D eigenvalue weighted by atomic mass is 32.1. The molecule has 0 aliphatic carbocycles. The number of nitrogens with zero attached hydrogens (tertiary/aromatic N) is 2. The lowest BCUT2D eigenvalue weighted by molar-refractivity contribution is 0.182. The maximum Gasteiger partial charge on any atom is 0.0965 e. The van der Waals surface area contributed by atoms with Crippen molar-refractivity contribution in [1.82, 2.24) is 9.59 Å². The number of aryl methyl sites for hydroxylation is 1. The van der Waals surface area contributed by atoms with Crippen molar-refractivity contribution in [3.63, 3.8) is 0 Å². The first-order chi connectivity index (χ1) is 7.81. The number of aromatic nitrogens is 2. The van der Waals surface area contributed by atoms with Crippen molar-refractivity contribution < 1.29 is 5.11 Å². The maximum absolute atomic E-state index is 10.1. The van der Waals surface area contributed by atoms with Crippen molar-refractivity contribution in [1.29, 1.82) is 0 Å². The highest BCUT2D eigenvalue weighted by molar-refractivity contribution is 7.10. The van der Waals surface area contributed by atoms with Crippen molar-refractivity contribution in [3.05, 3.63) is 33.0 Å². The van der Waals surface area contributed by atoms with Gasteiger partial charge in [0.1, 0.15) is 0 Å². The number of aliphatic hydroxyl groups excluding tert-OH is 1. The van der Waals surface area contributed by atoms with Crippen LogP contribution in [-0.4, -0.2) is 14.7 Å². The number of hydrogen-bond acceptors (Lipinski definition) is 5. The van der Waals surface area contributed by atoms with Gasteiger partial charge in [0.25, 0.3) is 0 Å². The van der Waals surface area contributed by atoms with Crippen LogP contribution in [-0.2, 0) is 12.8 Å².